The van der Waals surface area contributed by atoms with E-state index >= 15 is 0 Å². The zero-order chi connectivity index (χ0) is 7.33. The molecule has 0 radical (unpaired) electrons. The summed E-state index contributed by atoms with van der Waals surface area (Å²) in [6, 6.07) is 0. The van der Waals surface area contributed by atoms with Crippen molar-refractivity contribution in [3.8, 4) is 0 Å². The molecule has 0 atom stereocenters. The zero-order valence-corrected chi connectivity index (χ0v) is 9.16. The second-order valence-corrected chi connectivity index (χ2v) is 19.3. The summed E-state index contributed by atoms with van der Waals surface area (Å²) in [5, 5.41) is 0. The van der Waals surface area contributed by atoms with Gasteiger partial charge in [-0.15, -0.1) is 0 Å². The molecular weight excluding hydrogens is 223 g/mol. The van der Waals surface area contributed by atoms with Gasteiger partial charge in [-0.3, -0.25) is 0 Å². The molecule has 0 saturated carbocycles. The first-order chi connectivity index (χ1) is 4.06. The number of hydrogen-bond acceptors (Lipinski definition) is 2. The summed E-state index contributed by atoms with van der Waals surface area (Å²) >= 11 is -1.62. The molecule has 0 heterocycles. The van der Waals surface area contributed by atoms with Crippen molar-refractivity contribution >= 4 is 24.8 Å². The number of carbonyl (C=O) groups excluding carboxylic acids is 1. The molecule has 0 fully saturated rings. The Balaban J connectivity index is 3.17. The van der Waals surface area contributed by atoms with Crippen LogP contribution in [0.25, 0.3) is 0 Å². The number of ether oxygens (including phenoxy) is 1. The Morgan fingerprint density at radius 1 is 1.44 bits per heavy atom. The number of carbonyl (C=O) groups is 1. The molecule has 0 aliphatic carbocycles. The van der Waals surface area contributed by atoms with Gasteiger partial charge in [-0.2, -0.15) is 0 Å². The summed E-state index contributed by atoms with van der Waals surface area (Å²) in [6.45, 7) is 1.15. The standard InChI is InChI=1S/C3H5O2.3CH3.Sn/c1-2-5-3-4;;;;/h3H,1-2H2;3*1H3;. The molecule has 0 bridgehead atoms. The summed E-state index contributed by atoms with van der Waals surface area (Å²) in [6.07, 6.45) is 0. The average molecular weight is 237 g/mol. The fourth-order valence-electron chi connectivity index (χ4n) is 0.413. The molecule has 0 unspecified atom stereocenters. The molecule has 0 spiro atoms. The maximum absolute atomic E-state index is 9.69. The molecule has 2 nitrogen and oxygen atoms in total. The Hall–Kier alpha value is 0.269. The third-order valence-electron chi connectivity index (χ3n) is 1.04. The summed E-state index contributed by atoms with van der Waals surface area (Å²) in [4.78, 5) is 16.7. The van der Waals surface area contributed by atoms with Crippen LogP contribution in [-0.2, 0) is 9.53 Å². The van der Waals surface area contributed by atoms with Crippen molar-refractivity contribution in [1.29, 1.82) is 0 Å². The molecule has 0 aliphatic heterocycles. The molecule has 0 aromatic carbocycles. The van der Waals surface area contributed by atoms with Gasteiger partial charge < -0.3 is 0 Å². The van der Waals surface area contributed by atoms with Gasteiger partial charge in [0.2, 0.25) is 0 Å². The second kappa shape index (κ2) is 4.14. The Bertz CT molecular complexity index is 85.5. The van der Waals surface area contributed by atoms with Gasteiger partial charge in [-0.05, 0) is 0 Å². The predicted molar refractivity (Wildman–Crippen MR) is 40.2 cm³/mol. The van der Waals surface area contributed by atoms with Gasteiger partial charge in [-0.25, -0.2) is 0 Å². The minimum absolute atomic E-state index is 0.525. The summed E-state index contributed by atoms with van der Waals surface area (Å²) in [7, 11) is 0. The minimum atomic E-state index is -1.62. The topological polar surface area (TPSA) is 26.3 Å². The second-order valence-electron chi connectivity index (χ2n) is 3.28. The monoisotopic (exact) mass is 238 g/mol. The van der Waals surface area contributed by atoms with E-state index in [9.17, 15) is 4.79 Å². The van der Waals surface area contributed by atoms with Crippen molar-refractivity contribution in [1.82, 2.24) is 0 Å². The molecule has 0 amide bonds. The van der Waals surface area contributed by atoms with E-state index in [1.165, 1.54) is 0 Å². The van der Waals surface area contributed by atoms with E-state index in [1.807, 2.05) is 0 Å². The summed E-state index contributed by atoms with van der Waals surface area (Å²) in [5.74, 6) is 0. The molecule has 0 aliphatic rings. The van der Waals surface area contributed by atoms with E-state index < -0.39 is 18.4 Å². The van der Waals surface area contributed by atoms with Crippen LogP contribution in [0, 0.1) is 0 Å². The van der Waals surface area contributed by atoms with Gasteiger partial charge in [-0.1, -0.05) is 0 Å². The Kier molecular flexibility index (Phi) is 4.27. The van der Waals surface area contributed by atoms with Crippen LogP contribution in [0.1, 0.15) is 0 Å². The van der Waals surface area contributed by atoms with Gasteiger partial charge >= 0.3 is 60.2 Å². The Labute approximate surface area is 60.5 Å². The first kappa shape index (κ1) is 9.27. The number of rotatable bonds is 4. The van der Waals surface area contributed by atoms with E-state index in [0.717, 1.165) is 4.44 Å². The van der Waals surface area contributed by atoms with Crippen LogP contribution in [0.5, 0.6) is 0 Å². The molecule has 54 valence electrons. The quantitative estimate of drug-likeness (QED) is 0.420. The van der Waals surface area contributed by atoms with Crippen molar-refractivity contribution in [3.05, 3.63) is 0 Å². The van der Waals surface area contributed by atoms with Crippen LogP contribution in [0.2, 0.25) is 19.3 Å². The number of hydrogen-bond donors (Lipinski definition) is 0. The van der Waals surface area contributed by atoms with Crippen LogP contribution >= 0.6 is 0 Å². The molecule has 0 aromatic heterocycles. The van der Waals surface area contributed by atoms with E-state index in [1.54, 1.807) is 0 Å². The third-order valence-corrected chi connectivity index (χ3v) is 5.90. The van der Waals surface area contributed by atoms with Crippen LogP contribution in [0.3, 0.4) is 0 Å². The molecule has 0 rings (SSSR count). The summed E-state index contributed by atoms with van der Waals surface area (Å²) in [5.41, 5.74) is 0. The van der Waals surface area contributed by atoms with Crippen molar-refractivity contribution in [3.63, 3.8) is 0 Å². The van der Waals surface area contributed by atoms with Gasteiger partial charge in [0.25, 0.3) is 0 Å². The van der Waals surface area contributed by atoms with Crippen LogP contribution in [0.4, 0.5) is 0 Å². The Morgan fingerprint density at radius 3 is 2.33 bits per heavy atom. The summed E-state index contributed by atoms with van der Waals surface area (Å²) < 4.78 is 5.71. The first-order valence-corrected chi connectivity index (χ1v) is 13.7. The molecule has 0 N–H and O–H groups in total. The van der Waals surface area contributed by atoms with Crippen LogP contribution < -0.4 is 0 Å². The molecule has 9 heavy (non-hydrogen) atoms. The fraction of sp³-hybridized carbons (Fsp3) is 0.833. The van der Waals surface area contributed by atoms with Gasteiger partial charge in [0, 0.05) is 0 Å². The third kappa shape index (κ3) is 8.27. The van der Waals surface area contributed by atoms with Gasteiger partial charge in [0.05, 0.1) is 0 Å². The average Bonchev–Trinajstić information content (AvgIpc) is 1.63. The van der Waals surface area contributed by atoms with Crippen LogP contribution in [-0.4, -0.2) is 31.5 Å². The molecular formula is C6H14O2Sn. The van der Waals surface area contributed by atoms with Gasteiger partial charge in [0.15, 0.2) is 0 Å². The van der Waals surface area contributed by atoms with Crippen molar-refractivity contribution in [2.24, 2.45) is 0 Å². The first-order valence-electron chi connectivity index (χ1n) is 3.11. The van der Waals surface area contributed by atoms with Gasteiger partial charge in [0.1, 0.15) is 0 Å². The van der Waals surface area contributed by atoms with E-state index in [-0.39, 0.29) is 0 Å². The normalized spacial score (nSPS) is 11.0. The molecule has 0 aromatic rings. The van der Waals surface area contributed by atoms with Crippen LogP contribution in [0.15, 0.2) is 0 Å². The van der Waals surface area contributed by atoms with Crippen molar-refractivity contribution < 1.29 is 9.53 Å². The Morgan fingerprint density at radius 2 is 2.00 bits per heavy atom. The zero-order valence-electron chi connectivity index (χ0n) is 6.31. The fourth-order valence-corrected chi connectivity index (χ4v) is 2.50. The molecule has 3 heteroatoms. The van der Waals surface area contributed by atoms with E-state index in [4.69, 9.17) is 0 Å². The van der Waals surface area contributed by atoms with Crippen molar-refractivity contribution in [2.45, 2.75) is 19.3 Å². The maximum atomic E-state index is 9.69. The van der Waals surface area contributed by atoms with E-state index in [0.29, 0.717) is 13.1 Å². The predicted octanol–water partition coefficient (Wildman–Crippen LogP) is 1.50. The SMILES string of the molecule is [CH3][Sn]([CH3])([CH3])[CH2]COC=O. The molecule has 0 saturated heterocycles. The van der Waals surface area contributed by atoms with Crippen molar-refractivity contribution in [2.75, 3.05) is 6.61 Å². The van der Waals surface area contributed by atoms with E-state index in [2.05, 4.69) is 19.6 Å².